The number of amides is 1. The first-order chi connectivity index (χ1) is 15.5. The molecule has 0 bridgehead atoms. The number of benzene rings is 2. The Morgan fingerprint density at radius 3 is 2.53 bits per heavy atom. The average molecular weight is 563 g/mol. The summed E-state index contributed by atoms with van der Waals surface area (Å²) in [6.45, 7) is 1.51. The number of imidazole rings is 1. The number of hydrogen-bond acceptors (Lipinski definition) is 4. The molecule has 4 rings (SSSR count). The molecular formula is C24H25Br2N3O3. The molecule has 2 aromatic carbocycles. The first-order valence-electron chi connectivity index (χ1n) is 10.4. The highest BCUT2D eigenvalue weighted by Crippen LogP contribution is 2.37. The molecule has 1 amide bonds. The Balaban J connectivity index is 1.61. The fourth-order valence-electron chi connectivity index (χ4n) is 4.08. The van der Waals surface area contributed by atoms with Crippen molar-refractivity contribution in [3.05, 3.63) is 80.3 Å². The van der Waals surface area contributed by atoms with Gasteiger partial charge in [-0.05, 0) is 61.5 Å². The van der Waals surface area contributed by atoms with Gasteiger partial charge in [-0.25, -0.2) is 4.98 Å². The van der Waals surface area contributed by atoms with Gasteiger partial charge in [-0.15, -0.1) is 0 Å². The standard InChI is InChI=1S/C24H25Br2N3O3/c1-28-9-8-21-22(29(14-27-21)15-32-13-16-6-4-3-5-7-16)18(24(28)30)10-17-11-19(25)23(31-2)20(26)12-17/h3-7,11-12,14,18H,8-10,13,15H2,1-2H3. The molecule has 168 valence electrons. The summed E-state index contributed by atoms with van der Waals surface area (Å²) >= 11 is 7.15. The Hall–Kier alpha value is -2.16. The molecule has 1 aromatic heterocycles. The van der Waals surface area contributed by atoms with E-state index in [0.29, 0.717) is 26.3 Å². The Morgan fingerprint density at radius 1 is 1.12 bits per heavy atom. The number of nitrogens with zero attached hydrogens (tertiary/aromatic N) is 3. The molecule has 6 nitrogen and oxygen atoms in total. The fraction of sp³-hybridized carbons (Fsp3) is 0.333. The summed E-state index contributed by atoms with van der Waals surface area (Å²) in [5, 5.41) is 0. The highest BCUT2D eigenvalue weighted by molar-refractivity contribution is 9.11. The zero-order valence-corrected chi connectivity index (χ0v) is 21.2. The van der Waals surface area contributed by atoms with Crippen LogP contribution in [0.5, 0.6) is 5.75 Å². The molecule has 0 radical (unpaired) electrons. The second-order valence-corrected chi connectivity index (χ2v) is 9.58. The highest BCUT2D eigenvalue weighted by atomic mass is 79.9. The molecule has 1 atom stereocenters. The van der Waals surface area contributed by atoms with Crippen LogP contribution in [0.4, 0.5) is 0 Å². The number of likely N-dealkylation sites (N-methyl/N-ethyl adjacent to an activating group) is 1. The summed E-state index contributed by atoms with van der Waals surface area (Å²) in [7, 11) is 3.49. The molecule has 8 heteroatoms. The zero-order valence-electron chi connectivity index (χ0n) is 18.1. The van der Waals surface area contributed by atoms with Crippen molar-refractivity contribution in [2.24, 2.45) is 0 Å². The topological polar surface area (TPSA) is 56.6 Å². The van der Waals surface area contributed by atoms with Gasteiger partial charge in [0.1, 0.15) is 12.5 Å². The lowest BCUT2D eigenvalue weighted by atomic mass is 9.94. The monoisotopic (exact) mass is 561 g/mol. The molecule has 1 aliphatic rings. The van der Waals surface area contributed by atoms with Gasteiger partial charge < -0.3 is 18.9 Å². The van der Waals surface area contributed by atoms with Crippen molar-refractivity contribution >= 4 is 37.8 Å². The highest BCUT2D eigenvalue weighted by Gasteiger charge is 2.33. The van der Waals surface area contributed by atoms with Crippen molar-refractivity contribution in [1.82, 2.24) is 14.5 Å². The molecule has 1 unspecified atom stereocenters. The van der Waals surface area contributed by atoms with E-state index < -0.39 is 0 Å². The molecular weight excluding hydrogens is 538 g/mol. The van der Waals surface area contributed by atoms with Crippen LogP contribution in [0.15, 0.2) is 57.7 Å². The van der Waals surface area contributed by atoms with E-state index in [0.717, 1.165) is 43.6 Å². The Labute approximate surface area is 204 Å². The number of hydrogen-bond donors (Lipinski definition) is 0. The summed E-state index contributed by atoms with van der Waals surface area (Å²) in [4.78, 5) is 19.8. The van der Waals surface area contributed by atoms with Crippen molar-refractivity contribution in [2.45, 2.75) is 32.1 Å². The van der Waals surface area contributed by atoms with E-state index in [4.69, 9.17) is 9.47 Å². The molecule has 3 aromatic rings. The predicted octanol–water partition coefficient (Wildman–Crippen LogP) is 4.93. The minimum absolute atomic E-state index is 0.0941. The van der Waals surface area contributed by atoms with Gasteiger partial charge in [0.15, 0.2) is 0 Å². The molecule has 32 heavy (non-hydrogen) atoms. The van der Waals surface area contributed by atoms with Crippen LogP contribution in [0.3, 0.4) is 0 Å². The lowest BCUT2D eigenvalue weighted by Gasteiger charge is -2.22. The molecule has 0 N–H and O–H groups in total. The summed E-state index contributed by atoms with van der Waals surface area (Å²) in [6.07, 6.45) is 3.08. The minimum Gasteiger partial charge on any atom is -0.494 e. The van der Waals surface area contributed by atoms with Crippen LogP contribution in [0.2, 0.25) is 0 Å². The van der Waals surface area contributed by atoms with E-state index in [1.54, 1.807) is 18.3 Å². The molecule has 2 heterocycles. The molecule has 1 aliphatic heterocycles. The second kappa shape index (κ2) is 10.2. The van der Waals surface area contributed by atoms with E-state index in [1.807, 2.05) is 54.1 Å². The van der Waals surface area contributed by atoms with E-state index in [-0.39, 0.29) is 11.8 Å². The number of rotatable bonds is 7. The maximum Gasteiger partial charge on any atom is 0.231 e. The summed E-state index contributed by atoms with van der Waals surface area (Å²) in [6, 6.07) is 14.1. The Bertz CT molecular complexity index is 1080. The zero-order chi connectivity index (χ0) is 22.7. The smallest absolute Gasteiger partial charge is 0.231 e. The van der Waals surface area contributed by atoms with Gasteiger partial charge in [0.2, 0.25) is 5.91 Å². The Kier molecular flexibility index (Phi) is 7.33. The third kappa shape index (κ3) is 4.92. The quantitative estimate of drug-likeness (QED) is 0.409. The van der Waals surface area contributed by atoms with Crippen molar-refractivity contribution < 1.29 is 14.3 Å². The molecule has 0 saturated carbocycles. The lowest BCUT2D eigenvalue weighted by Crippen LogP contribution is -2.32. The van der Waals surface area contributed by atoms with Gasteiger partial charge in [0, 0.05) is 20.0 Å². The van der Waals surface area contributed by atoms with Gasteiger partial charge in [-0.2, -0.15) is 0 Å². The summed E-state index contributed by atoms with van der Waals surface area (Å²) in [5.41, 5.74) is 4.04. The fourth-order valence-corrected chi connectivity index (χ4v) is 5.68. The van der Waals surface area contributed by atoms with Crippen LogP contribution in [0.25, 0.3) is 0 Å². The third-order valence-corrected chi connectivity index (χ3v) is 6.87. The van der Waals surface area contributed by atoms with E-state index in [9.17, 15) is 4.79 Å². The van der Waals surface area contributed by atoms with Gasteiger partial charge in [-0.1, -0.05) is 30.3 Å². The largest absolute Gasteiger partial charge is 0.494 e. The number of carbonyl (C=O) groups is 1. The number of halogens is 2. The SMILES string of the molecule is COc1c(Br)cc(CC2C(=O)N(C)CCc3ncn(COCc4ccccc4)c32)cc1Br. The van der Waals surface area contributed by atoms with E-state index in [1.165, 1.54) is 0 Å². The summed E-state index contributed by atoms with van der Waals surface area (Å²) in [5.74, 6) is 0.488. The van der Waals surface area contributed by atoms with Gasteiger partial charge in [-0.3, -0.25) is 4.79 Å². The number of methoxy groups -OCH3 is 1. The average Bonchev–Trinajstić information content (AvgIpc) is 3.13. The first-order valence-corrected chi connectivity index (χ1v) is 12.0. The predicted molar refractivity (Wildman–Crippen MR) is 130 cm³/mol. The van der Waals surface area contributed by atoms with Crippen molar-refractivity contribution in [3.63, 3.8) is 0 Å². The van der Waals surface area contributed by atoms with E-state index >= 15 is 0 Å². The van der Waals surface area contributed by atoms with Crippen LogP contribution >= 0.6 is 31.9 Å². The van der Waals surface area contributed by atoms with Gasteiger partial charge in [0.25, 0.3) is 0 Å². The molecule has 0 spiro atoms. The van der Waals surface area contributed by atoms with Crippen LogP contribution < -0.4 is 4.74 Å². The Morgan fingerprint density at radius 2 is 1.84 bits per heavy atom. The summed E-state index contributed by atoms with van der Waals surface area (Å²) < 4.78 is 15.1. The van der Waals surface area contributed by atoms with Crippen LogP contribution in [0, 0.1) is 0 Å². The van der Waals surface area contributed by atoms with Gasteiger partial charge in [0.05, 0.1) is 46.3 Å². The maximum atomic E-state index is 13.3. The normalized spacial score (nSPS) is 16.1. The third-order valence-electron chi connectivity index (χ3n) is 5.69. The van der Waals surface area contributed by atoms with Crippen molar-refractivity contribution in [2.75, 3.05) is 20.7 Å². The molecule has 0 fully saturated rings. The molecule has 0 aliphatic carbocycles. The number of carbonyl (C=O) groups excluding carboxylic acids is 1. The van der Waals surface area contributed by atoms with E-state index in [2.05, 4.69) is 36.8 Å². The van der Waals surface area contributed by atoms with Crippen molar-refractivity contribution in [1.29, 1.82) is 0 Å². The number of fused-ring (bicyclic) bond motifs is 1. The van der Waals surface area contributed by atoms with Crippen LogP contribution in [-0.2, 0) is 35.7 Å². The molecule has 0 saturated heterocycles. The van der Waals surface area contributed by atoms with Crippen LogP contribution in [-0.4, -0.2) is 41.1 Å². The number of aromatic nitrogens is 2. The van der Waals surface area contributed by atoms with Crippen molar-refractivity contribution in [3.8, 4) is 5.75 Å². The lowest BCUT2D eigenvalue weighted by molar-refractivity contribution is -0.131. The number of ether oxygens (including phenoxy) is 2. The second-order valence-electron chi connectivity index (χ2n) is 7.87. The first kappa shape index (κ1) is 23.0. The van der Waals surface area contributed by atoms with Gasteiger partial charge >= 0.3 is 0 Å². The minimum atomic E-state index is -0.340. The van der Waals surface area contributed by atoms with Crippen LogP contribution in [0.1, 0.15) is 28.4 Å². The maximum absolute atomic E-state index is 13.3.